The first-order valence-corrected chi connectivity index (χ1v) is 9.20. The van der Waals surface area contributed by atoms with Crippen LogP contribution in [0.1, 0.15) is 31.4 Å². The van der Waals surface area contributed by atoms with Crippen molar-refractivity contribution in [3.05, 3.63) is 17.8 Å². The second-order valence-electron chi connectivity index (χ2n) is 6.88. The van der Waals surface area contributed by atoms with Crippen molar-refractivity contribution in [2.24, 2.45) is 0 Å². The minimum absolute atomic E-state index is 0.0458. The summed E-state index contributed by atoms with van der Waals surface area (Å²) in [6, 6.07) is 3.95. The number of rotatable bonds is 3. The number of hydrogen-bond donors (Lipinski definition) is 0. The Morgan fingerprint density at radius 1 is 1.16 bits per heavy atom. The Kier molecular flexibility index (Phi) is 5.87. The summed E-state index contributed by atoms with van der Waals surface area (Å²) < 4.78 is 0. The summed E-state index contributed by atoms with van der Waals surface area (Å²) in [5.41, 5.74) is 0.918. The van der Waals surface area contributed by atoms with Gasteiger partial charge >= 0.3 is 0 Å². The predicted octanol–water partition coefficient (Wildman–Crippen LogP) is 1.31. The molecule has 1 aromatic heterocycles. The average molecular weight is 341 g/mol. The molecule has 3 rings (SSSR count). The van der Waals surface area contributed by atoms with E-state index in [1.807, 2.05) is 24.0 Å². The van der Waals surface area contributed by atoms with Gasteiger partial charge in [-0.2, -0.15) is 5.10 Å². The largest absolute Gasteiger partial charge is 0.353 e. The summed E-state index contributed by atoms with van der Waals surface area (Å²) in [7, 11) is 0. The van der Waals surface area contributed by atoms with Crippen molar-refractivity contribution in [2.45, 2.75) is 38.6 Å². The Bertz CT molecular complexity index is 624. The fraction of sp³-hybridized carbons (Fsp3) is 0.632. The van der Waals surface area contributed by atoms with E-state index in [0.29, 0.717) is 6.54 Å². The molecular formula is C19H27N5O. The van der Waals surface area contributed by atoms with E-state index in [1.165, 1.54) is 0 Å². The molecule has 2 aliphatic rings. The number of anilines is 1. The summed E-state index contributed by atoms with van der Waals surface area (Å²) in [6.45, 7) is 6.66. The van der Waals surface area contributed by atoms with Gasteiger partial charge in [0.2, 0.25) is 5.91 Å². The van der Waals surface area contributed by atoms with E-state index in [0.717, 1.165) is 69.9 Å². The lowest BCUT2D eigenvalue weighted by Gasteiger charge is -2.36. The molecule has 0 saturated carbocycles. The number of likely N-dealkylation sites (tertiary alicyclic amines) is 1. The van der Waals surface area contributed by atoms with Crippen molar-refractivity contribution in [1.82, 2.24) is 20.0 Å². The van der Waals surface area contributed by atoms with Gasteiger partial charge in [-0.05, 0) is 44.9 Å². The number of amides is 1. The Balaban J connectivity index is 1.63. The number of terminal acetylenes is 1. The monoisotopic (exact) mass is 341 g/mol. The molecule has 1 unspecified atom stereocenters. The molecule has 0 bridgehead atoms. The lowest BCUT2D eigenvalue weighted by Crippen LogP contribution is -2.51. The maximum absolute atomic E-state index is 13.0. The molecule has 2 fully saturated rings. The molecule has 0 aliphatic carbocycles. The van der Waals surface area contributed by atoms with E-state index in [2.05, 4.69) is 25.9 Å². The Labute approximate surface area is 150 Å². The SMILES string of the molecule is C#CCN1CCCCC1C(=O)N1CCCN(c2ccc(C)nn2)CC1. The second kappa shape index (κ2) is 8.30. The van der Waals surface area contributed by atoms with Crippen molar-refractivity contribution in [2.75, 3.05) is 44.2 Å². The first-order chi connectivity index (χ1) is 12.2. The second-order valence-corrected chi connectivity index (χ2v) is 6.88. The van der Waals surface area contributed by atoms with Gasteiger partial charge in [-0.15, -0.1) is 11.5 Å². The molecule has 1 aromatic rings. The first kappa shape index (κ1) is 17.7. The van der Waals surface area contributed by atoms with E-state index in [1.54, 1.807) is 0 Å². The quantitative estimate of drug-likeness (QED) is 0.776. The third-order valence-electron chi connectivity index (χ3n) is 5.11. The molecule has 2 saturated heterocycles. The van der Waals surface area contributed by atoms with Crippen LogP contribution in [0.5, 0.6) is 0 Å². The fourth-order valence-corrected chi connectivity index (χ4v) is 3.72. The molecule has 0 spiro atoms. The lowest BCUT2D eigenvalue weighted by atomic mass is 10.0. The van der Waals surface area contributed by atoms with Crippen LogP contribution in [-0.2, 0) is 4.79 Å². The number of hydrogen-bond acceptors (Lipinski definition) is 5. The topological polar surface area (TPSA) is 52.6 Å². The summed E-state index contributed by atoms with van der Waals surface area (Å²) in [4.78, 5) is 19.5. The Morgan fingerprint density at radius 2 is 2.04 bits per heavy atom. The van der Waals surface area contributed by atoms with Gasteiger partial charge in [-0.1, -0.05) is 12.3 Å². The minimum atomic E-state index is -0.0458. The highest BCUT2D eigenvalue weighted by molar-refractivity contribution is 5.82. The number of carbonyl (C=O) groups excluding carboxylic acids is 1. The molecule has 3 heterocycles. The Hall–Kier alpha value is -2.13. The van der Waals surface area contributed by atoms with Gasteiger partial charge in [-0.25, -0.2) is 0 Å². The van der Waals surface area contributed by atoms with Crippen LogP contribution in [0.25, 0.3) is 0 Å². The normalized spacial score (nSPS) is 22.3. The van der Waals surface area contributed by atoms with Crippen molar-refractivity contribution in [3.63, 3.8) is 0 Å². The molecule has 6 heteroatoms. The van der Waals surface area contributed by atoms with E-state index >= 15 is 0 Å². The number of aryl methyl sites for hydroxylation is 1. The molecule has 0 N–H and O–H groups in total. The van der Waals surface area contributed by atoms with Crippen LogP contribution in [0.4, 0.5) is 5.82 Å². The van der Waals surface area contributed by atoms with Crippen molar-refractivity contribution < 1.29 is 4.79 Å². The summed E-state index contributed by atoms with van der Waals surface area (Å²) in [5.74, 6) is 3.84. The van der Waals surface area contributed by atoms with Crippen LogP contribution < -0.4 is 4.90 Å². The molecule has 0 radical (unpaired) electrons. The van der Waals surface area contributed by atoms with Gasteiger partial charge in [0.25, 0.3) is 0 Å². The summed E-state index contributed by atoms with van der Waals surface area (Å²) >= 11 is 0. The third kappa shape index (κ3) is 4.29. The van der Waals surface area contributed by atoms with Crippen molar-refractivity contribution in [1.29, 1.82) is 0 Å². The van der Waals surface area contributed by atoms with Crippen LogP contribution in [0.15, 0.2) is 12.1 Å². The third-order valence-corrected chi connectivity index (χ3v) is 5.11. The van der Waals surface area contributed by atoms with Crippen LogP contribution in [0, 0.1) is 19.3 Å². The molecule has 134 valence electrons. The maximum Gasteiger partial charge on any atom is 0.240 e. The number of nitrogens with zero attached hydrogens (tertiary/aromatic N) is 5. The van der Waals surface area contributed by atoms with E-state index in [4.69, 9.17) is 6.42 Å². The number of aromatic nitrogens is 2. The number of carbonyl (C=O) groups is 1. The summed E-state index contributed by atoms with van der Waals surface area (Å²) in [6.07, 6.45) is 9.59. The molecule has 2 aliphatic heterocycles. The van der Waals surface area contributed by atoms with Crippen LogP contribution >= 0.6 is 0 Å². The minimum Gasteiger partial charge on any atom is -0.353 e. The lowest BCUT2D eigenvalue weighted by molar-refractivity contribution is -0.137. The zero-order chi connectivity index (χ0) is 17.6. The van der Waals surface area contributed by atoms with Gasteiger partial charge in [-0.3, -0.25) is 9.69 Å². The zero-order valence-corrected chi connectivity index (χ0v) is 15.0. The van der Waals surface area contributed by atoms with Crippen molar-refractivity contribution >= 4 is 11.7 Å². The average Bonchev–Trinajstić information content (AvgIpc) is 2.89. The van der Waals surface area contributed by atoms with Crippen molar-refractivity contribution in [3.8, 4) is 12.3 Å². The molecule has 0 aromatic carbocycles. The molecule has 6 nitrogen and oxygen atoms in total. The Morgan fingerprint density at radius 3 is 2.80 bits per heavy atom. The van der Waals surface area contributed by atoms with Gasteiger partial charge in [0.15, 0.2) is 5.82 Å². The van der Waals surface area contributed by atoms with Gasteiger partial charge < -0.3 is 9.80 Å². The molecular weight excluding hydrogens is 314 g/mol. The molecule has 25 heavy (non-hydrogen) atoms. The van der Waals surface area contributed by atoms with E-state index in [9.17, 15) is 4.79 Å². The highest BCUT2D eigenvalue weighted by Crippen LogP contribution is 2.20. The van der Waals surface area contributed by atoms with Crippen LogP contribution in [0.2, 0.25) is 0 Å². The summed E-state index contributed by atoms with van der Waals surface area (Å²) in [5, 5.41) is 8.43. The zero-order valence-electron chi connectivity index (χ0n) is 15.0. The van der Waals surface area contributed by atoms with Gasteiger partial charge in [0.1, 0.15) is 0 Å². The molecule has 1 amide bonds. The van der Waals surface area contributed by atoms with Crippen LogP contribution in [-0.4, -0.2) is 71.2 Å². The van der Waals surface area contributed by atoms with E-state index in [-0.39, 0.29) is 11.9 Å². The number of piperidine rings is 1. The molecule has 1 atom stereocenters. The standard InChI is InChI=1S/C19H27N5O/c1-3-10-22-11-5-4-7-17(22)19(25)24-13-6-12-23(14-15-24)18-9-8-16(2)20-21-18/h1,8-9,17H,4-7,10-15H2,2H3. The van der Waals surface area contributed by atoms with E-state index < -0.39 is 0 Å². The van der Waals surface area contributed by atoms with Gasteiger partial charge in [0.05, 0.1) is 18.3 Å². The maximum atomic E-state index is 13.0. The smallest absolute Gasteiger partial charge is 0.240 e. The van der Waals surface area contributed by atoms with Crippen LogP contribution in [0.3, 0.4) is 0 Å². The highest BCUT2D eigenvalue weighted by atomic mass is 16.2. The first-order valence-electron chi connectivity index (χ1n) is 9.20. The highest BCUT2D eigenvalue weighted by Gasteiger charge is 2.32. The predicted molar refractivity (Wildman–Crippen MR) is 98.2 cm³/mol. The van der Waals surface area contributed by atoms with Gasteiger partial charge in [0, 0.05) is 26.2 Å². The fourth-order valence-electron chi connectivity index (χ4n) is 3.72.